The van der Waals surface area contributed by atoms with Gasteiger partial charge >= 0.3 is 11.9 Å². The van der Waals surface area contributed by atoms with Gasteiger partial charge in [-0.15, -0.1) is 11.3 Å². The van der Waals surface area contributed by atoms with Gasteiger partial charge in [-0.25, -0.2) is 13.2 Å². The monoisotopic (exact) mass is 321 g/mol. The molecule has 0 aliphatic rings. The molecule has 1 rings (SSSR count). The first kappa shape index (κ1) is 16.6. The summed E-state index contributed by atoms with van der Waals surface area (Å²) >= 11 is 0.757. The lowest BCUT2D eigenvalue weighted by molar-refractivity contribution is -0.137. The maximum Gasteiger partial charge on any atom is 0.348 e. The molecule has 1 N–H and O–H groups in total. The third-order valence-corrected chi connectivity index (χ3v) is 5.72. The average molecular weight is 321 g/mol. The summed E-state index contributed by atoms with van der Waals surface area (Å²) in [6, 6.07) is 2.62. The summed E-state index contributed by atoms with van der Waals surface area (Å²) in [6.45, 7) is 1.24. The van der Waals surface area contributed by atoms with Crippen LogP contribution in [0.3, 0.4) is 0 Å². The molecule has 0 fully saturated rings. The van der Waals surface area contributed by atoms with Crippen LogP contribution in [0.15, 0.2) is 16.3 Å². The average Bonchev–Trinajstić information content (AvgIpc) is 2.87. The maximum atomic E-state index is 12.3. The summed E-state index contributed by atoms with van der Waals surface area (Å²) in [4.78, 5) is 22.2. The molecule has 0 atom stereocenters. The number of sulfonamides is 1. The van der Waals surface area contributed by atoms with Crippen molar-refractivity contribution in [2.24, 2.45) is 0 Å². The van der Waals surface area contributed by atoms with Gasteiger partial charge in [-0.2, -0.15) is 4.31 Å². The first-order valence-electron chi connectivity index (χ1n) is 5.73. The van der Waals surface area contributed by atoms with Crippen molar-refractivity contribution in [3.05, 3.63) is 17.0 Å². The molecule has 0 aliphatic carbocycles. The van der Waals surface area contributed by atoms with Gasteiger partial charge in [0.05, 0.1) is 7.11 Å². The lowest BCUT2D eigenvalue weighted by atomic mass is 10.5. The van der Waals surface area contributed by atoms with E-state index >= 15 is 0 Å². The number of ether oxygens (including phenoxy) is 1. The second-order valence-corrected chi connectivity index (χ2v) is 7.09. The molecular formula is C11H15NO6S2. The molecule has 1 aromatic rings. The lowest BCUT2D eigenvalue weighted by Gasteiger charge is -2.18. The molecule has 1 aromatic heterocycles. The molecule has 0 amide bonds. The van der Waals surface area contributed by atoms with Crippen molar-refractivity contribution in [3.63, 3.8) is 0 Å². The summed E-state index contributed by atoms with van der Waals surface area (Å²) in [7, 11) is -2.72. The Morgan fingerprint density at radius 1 is 1.40 bits per heavy atom. The predicted molar refractivity (Wildman–Crippen MR) is 72.3 cm³/mol. The number of carbonyl (C=O) groups excluding carboxylic acids is 1. The highest BCUT2D eigenvalue weighted by molar-refractivity contribution is 7.91. The van der Waals surface area contributed by atoms with Crippen molar-refractivity contribution < 1.29 is 27.9 Å². The Morgan fingerprint density at radius 3 is 2.55 bits per heavy atom. The fourth-order valence-electron chi connectivity index (χ4n) is 1.48. The summed E-state index contributed by atoms with van der Waals surface area (Å²) in [5.41, 5.74) is 0. The number of carbonyl (C=O) groups is 2. The van der Waals surface area contributed by atoms with Crippen LogP contribution in [-0.4, -0.2) is 50.0 Å². The van der Waals surface area contributed by atoms with E-state index in [1.165, 1.54) is 19.2 Å². The highest BCUT2D eigenvalue weighted by atomic mass is 32.2. The van der Waals surface area contributed by atoms with Crippen LogP contribution >= 0.6 is 11.3 Å². The number of aliphatic carboxylic acids is 1. The van der Waals surface area contributed by atoms with E-state index in [-0.39, 0.29) is 15.6 Å². The molecule has 0 unspecified atom stereocenters. The minimum atomic E-state index is -3.92. The second-order valence-electron chi connectivity index (χ2n) is 3.84. The molecule has 0 saturated heterocycles. The molecule has 0 spiro atoms. The number of carboxylic acids is 1. The fraction of sp³-hybridized carbons (Fsp3) is 0.455. The molecule has 9 heteroatoms. The molecule has 0 bridgehead atoms. The summed E-state index contributed by atoms with van der Waals surface area (Å²) in [5.74, 6) is -1.86. The Labute approximate surface area is 120 Å². The number of nitrogens with zero attached hydrogens (tertiary/aromatic N) is 1. The molecular weight excluding hydrogens is 306 g/mol. The number of thiophene rings is 1. The van der Waals surface area contributed by atoms with Crippen LogP contribution in [0.25, 0.3) is 0 Å². The summed E-state index contributed by atoms with van der Waals surface area (Å²) in [6.07, 6.45) is 0.488. The van der Waals surface area contributed by atoms with Gasteiger partial charge in [0, 0.05) is 6.54 Å². The predicted octanol–water partition coefficient (Wildman–Crippen LogP) is 1.02. The molecule has 0 aliphatic heterocycles. The van der Waals surface area contributed by atoms with Gasteiger partial charge in [-0.3, -0.25) is 4.79 Å². The highest BCUT2D eigenvalue weighted by Crippen LogP contribution is 2.25. The van der Waals surface area contributed by atoms with E-state index in [1.54, 1.807) is 6.92 Å². The Kier molecular flexibility index (Phi) is 5.66. The van der Waals surface area contributed by atoms with Gasteiger partial charge in [0.1, 0.15) is 15.6 Å². The smallest absolute Gasteiger partial charge is 0.348 e. The quantitative estimate of drug-likeness (QED) is 0.752. The van der Waals surface area contributed by atoms with E-state index in [4.69, 9.17) is 5.11 Å². The number of methoxy groups -OCH3 is 1. The van der Waals surface area contributed by atoms with Crippen LogP contribution in [-0.2, 0) is 19.6 Å². The SMILES string of the molecule is CCCN(CC(=O)O)S(=O)(=O)c1ccc(C(=O)OC)s1. The van der Waals surface area contributed by atoms with Gasteiger partial charge in [0.25, 0.3) is 10.0 Å². The van der Waals surface area contributed by atoms with Crippen LogP contribution in [0.1, 0.15) is 23.0 Å². The molecule has 112 valence electrons. The van der Waals surface area contributed by atoms with Crippen LogP contribution in [0.4, 0.5) is 0 Å². The molecule has 0 saturated carbocycles. The minimum Gasteiger partial charge on any atom is -0.480 e. The van der Waals surface area contributed by atoms with E-state index in [0.717, 1.165) is 15.6 Å². The second kappa shape index (κ2) is 6.82. The molecule has 0 aromatic carbocycles. The van der Waals surface area contributed by atoms with Crippen LogP contribution < -0.4 is 0 Å². The molecule has 0 radical (unpaired) electrons. The van der Waals surface area contributed by atoms with Crippen molar-refractivity contribution in [2.45, 2.75) is 17.6 Å². The van der Waals surface area contributed by atoms with Crippen LogP contribution in [0, 0.1) is 0 Å². The Morgan fingerprint density at radius 2 is 2.05 bits per heavy atom. The normalized spacial score (nSPS) is 11.6. The fourth-order valence-corrected chi connectivity index (χ4v) is 4.34. The molecule has 1 heterocycles. The number of hydrogen-bond donors (Lipinski definition) is 1. The number of esters is 1. The zero-order chi connectivity index (χ0) is 15.3. The maximum absolute atomic E-state index is 12.3. The first-order chi connectivity index (χ1) is 9.32. The van der Waals surface area contributed by atoms with Crippen molar-refractivity contribution >= 4 is 33.3 Å². The van der Waals surface area contributed by atoms with E-state index in [1.807, 2.05) is 0 Å². The zero-order valence-electron chi connectivity index (χ0n) is 11.0. The van der Waals surface area contributed by atoms with Gasteiger partial charge in [0.15, 0.2) is 0 Å². The van der Waals surface area contributed by atoms with E-state index in [0.29, 0.717) is 6.42 Å². The van der Waals surface area contributed by atoms with Crippen molar-refractivity contribution in [2.75, 3.05) is 20.2 Å². The van der Waals surface area contributed by atoms with Crippen LogP contribution in [0.2, 0.25) is 0 Å². The van der Waals surface area contributed by atoms with Gasteiger partial charge in [-0.05, 0) is 18.6 Å². The topological polar surface area (TPSA) is 101 Å². The van der Waals surface area contributed by atoms with E-state index in [9.17, 15) is 18.0 Å². The van der Waals surface area contributed by atoms with Crippen molar-refractivity contribution in [3.8, 4) is 0 Å². The van der Waals surface area contributed by atoms with E-state index in [2.05, 4.69) is 4.74 Å². The minimum absolute atomic E-state index is 0.0763. The first-order valence-corrected chi connectivity index (χ1v) is 7.98. The van der Waals surface area contributed by atoms with E-state index < -0.39 is 28.5 Å². The zero-order valence-corrected chi connectivity index (χ0v) is 12.7. The summed E-state index contributed by atoms with van der Waals surface area (Å²) in [5, 5.41) is 8.78. The number of hydrogen-bond acceptors (Lipinski definition) is 6. The standard InChI is InChI=1S/C11H15NO6S2/c1-3-6-12(7-9(13)14)20(16,17)10-5-4-8(19-10)11(15)18-2/h4-5H,3,6-7H2,1-2H3,(H,13,14). The Hall–Kier alpha value is -1.45. The Balaban J connectivity index is 3.09. The highest BCUT2D eigenvalue weighted by Gasteiger charge is 2.28. The van der Waals surface area contributed by atoms with Crippen LogP contribution in [0.5, 0.6) is 0 Å². The lowest BCUT2D eigenvalue weighted by Crippen LogP contribution is -2.35. The van der Waals surface area contributed by atoms with Gasteiger partial charge < -0.3 is 9.84 Å². The van der Waals surface area contributed by atoms with Crippen molar-refractivity contribution in [1.29, 1.82) is 0 Å². The largest absolute Gasteiger partial charge is 0.480 e. The third kappa shape index (κ3) is 3.78. The van der Waals surface area contributed by atoms with Gasteiger partial charge in [-0.1, -0.05) is 6.92 Å². The van der Waals surface area contributed by atoms with Gasteiger partial charge in [0.2, 0.25) is 0 Å². The number of carboxylic acid groups (broad SMARTS) is 1. The summed E-state index contributed by atoms with van der Waals surface area (Å²) < 4.78 is 29.9. The molecule has 7 nitrogen and oxygen atoms in total. The van der Waals surface area contributed by atoms with Crippen molar-refractivity contribution in [1.82, 2.24) is 4.31 Å². The number of rotatable bonds is 7. The third-order valence-electron chi connectivity index (χ3n) is 2.35. The molecule has 20 heavy (non-hydrogen) atoms. The Bertz CT molecular complexity index is 592.